The first-order chi connectivity index (χ1) is 8.49. The van der Waals surface area contributed by atoms with Gasteiger partial charge in [-0.1, -0.05) is 15.9 Å². The SMILES string of the molecule is CCOC(=O)Cc1c(Br)cc(C(F)F)nc1OC. The van der Waals surface area contributed by atoms with Crippen molar-refractivity contribution in [3.63, 3.8) is 0 Å². The first-order valence-corrected chi connectivity index (χ1v) is 5.96. The zero-order chi connectivity index (χ0) is 13.7. The second-order valence-corrected chi connectivity index (χ2v) is 4.15. The zero-order valence-corrected chi connectivity index (χ0v) is 11.5. The number of nitrogens with zero attached hydrogens (tertiary/aromatic N) is 1. The second-order valence-electron chi connectivity index (χ2n) is 3.30. The summed E-state index contributed by atoms with van der Waals surface area (Å²) in [6.07, 6.45) is -2.79. The molecule has 0 saturated heterocycles. The molecule has 1 aromatic rings. The molecule has 1 rings (SSSR count). The summed E-state index contributed by atoms with van der Waals surface area (Å²) >= 11 is 3.13. The lowest BCUT2D eigenvalue weighted by molar-refractivity contribution is -0.142. The van der Waals surface area contributed by atoms with Gasteiger partial charge in [-0.2, -0.15) is 0 Å². The van der Waals surface area contributed by atoms with Gasteiger partial charge in [-0.25, -0.2) is 13.8 Å². The average molecular weight is 324 g/mol. The molecule has 0 radical (unpaired) electrons. The Kier molecular flexibility index (Phi) is 5.46. The molecule has 0 aliphatic rings. The van der Waals surface area contributed by atoms with Crippen molar-refractivity contribution in [2.45, 2.75) is 19.8 Å². The third-order valence-corrected chi connectivity index (χ3v) is 2.80. The molecule has 18 heavy (non-hydrogen) atoms. The van der Waals surface area contributed by atoms with Gasteiger partial charge in [-0.3, -0.25) is 4.79 Å². The largest absolute Gasteiger partial charge is 0.481 e. The third-order valence-electron chi connectivity index (χ3n) is 2.10. The van der Waals surface area contributed by atoms with Crippen molar-refractivity contribution in [1.29, 1.82) is 0 Å². The molecule has 0 aliphatic heterocycles. The van der Waals surface area contributed by atoms with Gasteiger partial charge >= 0.3 is 5.97 Å². The Labute approximate surface area is 111 Å². The molecule has 0 unspecified atom stereocenters. The molecular formula is C11H12BrF2NO3. The number of alkyl halides is 2. The molecule has 0 N–H and O–H groups in total. The molecule has 0 amide bonds. The summed E-state index contributed by atoms with van der Waals surface area (Å²) in [6, 6.07) is 1.17. The van der Waals surface area contributed by atoms with E-state index in [-0.39, 0.29) is 18.9 Å². The predicted octanol–water partition coefficient (Wildman–Crippen LogP) is 2.90. The lowest BCUT2D eigenvalue weighted by Crippen LogP contribution is -2.10. The number of carbonyl (C=O) groups is 1. The number of hydrogen-bond donors (Lipinski definition) is 0. The van der Waals surface area contributed by atoms with Crippen LogP contribution in [0, 0.1) is 0 Å². The van der Waals surface area contributed by atoms with E-state index in [4.69, 9.17) is 9.47 Å². The normalized spacial score (nSPS) is 10.6. The van der Waals surface area contributed by atoms with E-state index in [0.29, 0.717) is 10.0 Å². The summed E-state index contributed by atoms with van der Waals surface area (Å²) in [7, 11) is 1.30. The molecule has 100 valence electrons. The Morgan fingerprint density at radius 1 is 1.56 bits per heavy atom. The van der Waals surface area contributed by atoms with E-state index in [0.717, 1.165) is 0 Å². The van der Waals surface area contributed by atoms with Crippen LogP contribution in [0.5, 0.6) is 5.88 Å². The van der Waals surface area contributed by atoms with Gasteiger partial charge in [-0.05, 0) is 13.0 Å². The number of rotatable bonds is 5. The van der Waals surface area contributed by atoms with E-state index >= 15 is 0 Å². The highest BCUT2D eigenvalue weighted by atomic mass is 79.9. The molecule has 0 saturated carbocycles. The fourth-order valence-electron chi connectivity index (χ4n) is 1.33. The molecule has 4 nitrogen and oxygen atoms in total. The monoisotopic (exact) mass is 323 g/mol. The highest BCUT2D eigenvalue weighted by molar-refractivity contribution is 9.10. The summed E-state index contributed by atoms with van der Waals surface area (Å²) in [5.74, 6) is -0.476. The molecule has 0 spiro atoms. The van der Waals surface area contributed by atoms with E-state index in [1.54, 1.807) is 6.92 Å². The Morgan fingerprint density at radius 3 is 2.72 bits per heavy atom. The fraction of sp³-hybridized carbons (Fsp3) is 0.455. The molecule has 0 bridgehead atoms. The van der Waals surface area contributed by atoms with Gasteiger partial charge in [0.15, 0.2) is 0 Å². The maximum absolute atomic E-state index is 12.5. The summed E-state index contributed by atoms with van der Waals surface area (Å²) in [5.41, 5.74) is -0.0216. The highest BCUT2D eigenvalue weighted by Gasteiger charge is 2.19. The number of carbonyl (C=O) groups excluding carboxylic acids is 1. The number of halogens is 3. The van der Waals surface area contributed by atoms with Crippen molar-refractivity contribution < 1.29 is 23.0 Å². The highest BCUT2D eigenvalue weighted by Crippen LogP contribution is 2.30. The number of pyridine rings is 1. The van der Waals surface area contributed by atoms with Crippen LogP contribution in [0.2, 0.25) is 0 Å². The third kappa shape index (κ3) is 3.63. The van der Waals surface area contributed by atoms with E-state index in [9.17, 15) is 13.6 Å². The van der Waals surface area contributed by atoms with E-state index in [1.807, 2.05) is 0 Å². The van der Waals surface area contributed by atoms with E-state index in [2.05, 4.69) is 20.9 Å². The van der Waals surface area contributed by atoms with Crippen LogP contribution < -0.4 is 4.74 Å². The van der Waals surface area contributed by atoms with Gasteiger partial charge in [0.1, 0.15) is 5.69 Å². The molecule has 1 aromatic heterocycles. The smallest absolute Gasteiger partial charge is 0.310 e. The Hall–Kier alpha value is -1.24. The van der Waals surface area contributed by atoms with Gasteiger partial charge in [0.25, 0.3) is 6.43 Å². The minimum Gasteiger partial charge on any atom is -0.481 e. The van der Waals surface area contributed by atoms with Gasteiger partial charge in [0.2, 0.25) is 5.88 Å². The molecule has 0 atom stereocenters. The number of ether oxygens (including phenoxy) is 2. The van der Waals surface area contributed by atoms with E-state index < -0.39 is 18.1 Å². The summed E-state index contributed by atoms with van der Waals surface area (Å²) in [5, 5.41) is 0. The van der Waals surface area contributed by atoms with Gasteiger partial charge in [-0.15, -0.1) is 0 Å². The standard InChI is InChI=1S/C11H12BrF2NO3/c1-3-18-9(16)4-6-7(12)5-8(10(13)14)15-11(6)17-2/h5,10H,3-4H2,1-2H3. The van der Waals surface area contributed by atoms with Crippen LogP contribution in [0.25, 0.3) is 0 Å². The van der Waals surface area contributed by atoms with Crippen LogP contribution in [-0.2, 0) is 16.0 Å². The van der Waals surface area contributed by atoms with Gasteiger partial charge in [0.05, 0.1) is 20.1 Å². The quantitative estimate of drug-likeness (QED) is 0.782. The van der Waals surface area contributed by atoms with E-state index in [1.165, 1.54) is 13.2 Å². The first-order valence-electron chi connectivity index (χ1n) is 5.16. The predicted molar refractivity (Wildman–Crippen MR) is 63.8 cm³/mol. The van der Waals surface area contributed by atoms with Crippen LogP contribution in [-0.4, -0.2) is 24.7 Å². The van der Waals surface area contributed by atoms with Crippen molar-refractivity contribution in [2.24, 2.45) is 0 Å². The van der Waals surface area contributed by atoms with Crippen molar-refractivity contribution in [1.82, 2.24) is 4.98 Å². The second kappa shape index (κ2) is 6.63. The zero-order valence-electron chi connectivity index (χ0n) is 9.87. The van der Waals surface area contributed by atoms with Crippen molar-refractivity contribution in [3.8, 4) is 5.88 Å². The number of hydrogen-bond acceptors (Lipinski definition) is 4. The van der Waals surface area contributed by atoms with Crippen LogP contribution in [0.15, 0.2) is 10.5 Å². The molecule has 0 aromatic carbocycles. The topological polar surface area (TPSA) is 48.4 Å². The van der Waals surface area contributed by atoms with Crippen LogP contribution in [0.4, 0.5) is 8.78 Å². The number of esters is 1. The minimum absolute atomic E-state index is 0.00673. The summed E-state index contributed by atoms with van der Waals surface area (Å²) in [4.78, 5) is 15.0. The molecule has 7 heteroatoms. The maximum atomic E-state index is 12.5. The van der Waals surface area contributed by atoms with Crippen LogP contribution in [0.3, 0.4) is 0 Å². The maximum Gasteiger partial charge on any atom is 0.310 e. The van der Waals surface area contributed by atoms with Crippen molar-refractivity contribution in [2.75, 3.05) is 13.7 Å². The molecule has 0 fully saturated rings. The fourth-order valence-corrected chi connectivity index (χ4v) is 1.88. The minimum atomic E-state index is -2.70. The van der Waals surface area contributed by atoms with Crippen molar-refractivity contribution >= 4 is 21.9 Å². The lowest BCUT2D eigenvalue weighted by Gasteiger charge is -2.11. The van der Waals surface area contributed by atoms with Crippen LogP contribution >= 0.6 is 15.9 Å². The summed E-state index contributed by atoms with van der Waals surface area (Å²) in [6.45, 7) is 1.93. The molecular weight excluding hydrogens is 312 g/mol. The Balaban J connectivity index is 3.07. The summed E-state index contributed by atoms with van der Waals surface area (Å²) < 4.78 is 35.1. The van der Waals surface area contributed by atoms with Crippen molar-refractivity contribution in [3.05, 3.63) is 21.8 Å². The lowest BCUT2D eigenvalue weighted by atomic mass is 10.2. The Bertz CT molecular complexity index is 441. The number of methoxy groups -OCH3 is 1. The first kappa shape index (κ1) is 14.8. The van der Waals surface area contributed by atoms with Gasteiger partial charge in [0, 0.05) is 10.0 Å². The number of aromatic nitrogens is 1. The average Bonchev–Trinajstić information content (AvgIpc) is 2.31. The van der Waals surface area contributed by atoms with Crippen LogP contribution in [0.1, 0.15) is 24.6 Å². The molecule has 0 aliphatic carbocycles. The molecule has 1 heterocycles. The van der Waals surface area contributed by atoms with Gasteiger partial charge < -0.3 is 9.47 Å². The Morgan fingerprint density at radius 2 is 2.22 bits per heavy atom.